The Hall–Kier alpha value is -2.82. The monoisotopic (exact) mass is 284 g/mol. The molecule has 0 bridgehead atoms. The van der Waals surface area contributed by atoms with Gasteiger partial charge in [-0.2, -0.15) is 0 Å². The van der Waals surface area contributed by atoms with Gasteiger partial charge in [0.1, 0.15) is 5.75 Å². The first-order valence-electron chi connectivity index (χ1n) is 6.42. The van der Waals surface area contributed by atoms with Crippen molar-refractivity contribution in [3.05, 3.63) is 54.1 Å². The van der Waals surface area contributed by atoms with Crippen molar-refractivity contribution in [3.63, 3.8) is 0 Å². The summed E-state index contributed by atoms with van der Waals surface area (Å²) in [5.74, 6) is -0.749. The van der Waals surface area contributed by atoms with Gasteiger partial charge in [-0.1, -0.05) is 18.2 Å². The molecule has 2 aromatic carbocycles. The molecule has 5 heteroatoms. The molecular weight excluding hydrogens is 268 g/mol. The first kappa shape index (κ1) is 14.6. The number of hydrogen-bond acceptors (Lipinski definition) is 3. The fraction of sp³-hybridized carbons (Fsp3) is 0.125. The third-order valence-electron chi connectivity index (χ3n) is 2.95. The molecule has 0 heterocycles. The number of para-hydroxylation sites is 1. The summed E-state index contributed by atoms with van der Waals surface area (Å²) in [7, 11) is 1.56. The zero-order chi connectivity index (χ0) is 15.2. The van der Waals surface area contributed by atoms with Crippen LogP contribution in [0.4, 0.5) is 11.4 Å². The van der Waals surface area contributed by atoms with Gasteiger partial charge in [0, 0.05) is 11.4 Å². The molecule has 0 spiro atoms. The summed E-state index contributed by atoms with van der Waals surface area (Å²) in [6.45, 7) is 1.86. The van der Waals surface area contributed by atoms with Crippen molar-refractivity contribution < 1.29 is 14.3 Å². The highest BCUT2D eigenvalue weighted by Gasteiger charge is 2.14. The van der Waals surface area contributed by atoms with Crippen LogP contribution < -0.4 is 15.4 Å². The second kappa shape index (κ2) is 6.56. The van der Waals surface area contributed by atoms with Crippen LogP contribution in [-0.4, -0.2) is 18.9 Å². The van der Waals surface area contributed by atoms with Crippen LogP contribution in [0.5, 0.6) is 5.75 Å². The molecule has 0 radical (unpaired) electrons. The van der Waals surface area contributed by atoms with E-state index in [1.54, 1.807) is 43.5 Å². The summed E-state index contributed by atoms with van der Waals surface area (Å²) in [4.78, 5) is 23.7. The normalized spacial score (nSPS) is 9.81. The maximum Gasteiger partial charge on any atom is 0.314 e. The van der Waals surface area contributed by atoms with Crippen LogP contribution in [0.2, 0.25) is 0 Å². The average Bonchev–Trinajstić information content (AvgIpc) is 2.50. The number of carbonyl (C=O) groups excluding carboxylic acids is 2. The van der Waals surface area contributed by atoms with Crippen molar-refractivity contribution in [3.8, 4) is 5.75 Å². The Morgan fingerprint density at radius 3 is 2.14 bits per heavy atom. The van der Waals surface area contributed by atoms with E-state index in [0.29, 0.717) is 17.1 Å². The van der Waals surface area contributed by atoms with Gasteiger partial charge in [-0.3, -0.25) is 9.59 Å². The molecule has 0 unspecified atom stereocenters. The van der Waals surface area contributed by atoms with E-state index in [0.717, 1.165) is 5.56 Å². The van der Waals surface area contributed by atoms with E-state index in [2.05, 4.69) is 10.6 Å². The van der Waals surface area contributed by atoms with E-state index in [4.69, 9.17) is 4.74 Å². The Morgan fingerprint density at radius 1 is 0.905 bits per heavy atom. The minimum atomic E-state index is -0.719. The summed E-state index contributed by atoms with van der Waals surface area (Å²) in [6, 6.07) is 14.0. The molecule has 0 fully saturated rings. The molecule has 2 aromatic rings. The Kier molecular flexibility index (Phi) is 4.56. The lowest BCUT2D eigenvalue weighted by Gasteiger charge is -2.09. The van der Waals surface area contributed by atoms with E-state index < -0.39 is 11.8 Å². The van der Waals surface area contributed by atoms with Gasteiger partial charge in [0.25, 0.3) is 0 Å². The van der Waals surface area contributed by atoms with Crippen molar-refractivity contribution in [1.29, 1.82) is 0 Å². The zero-order valence-electron chi connectivity index (χ0n) is 11.8. The maximum atomic E-state index is 11.8. The first-order valence-corrected chi connectivity index (χ1v) is 6.42. The molecule has 21 heavy (non-hydrogen) atoms. The van der Waals surface area contributed by atoms with Crippen LogP contribution in [0, 0.1) is 6.92 Å². The van der Waals surface area contributed by atoms with E-state index in [1.807, 2.05) is 19.1 Å². The summed E-state index contributed by atoms with van der Waals surface area (Å²) in [5, 5.41) is 5.10. The Balaban J connectivity index is 1.99. The number of anilines is 2. The fourth-order valence-corrected chi connectivity index (χ4v) is 1.75. The topological polar surface area (TPSA) is 67.4 Å². The van der Waals surface area contributed by atoms with Gasteiger partial charge in [-0.25, -0.2) is 0 Å². The lowest BCUT2D eigenvalue weighted by atomic mass is 10.2. The molecule has 2 rings (SSSR count). The highest BCUT2D eigenvalue weighted by Crippen LogP contribution is 2.16. The van der Waals surface area contributed by atoms with Gasteiger partial charge >= 0.3 is 11.8 Å². The number of methoxy groups -OCH3 is 1. The highest BCUT2D eigenvalue weighted by molar-refractivity contribution is 6.43. The number of nitrogens with one attached hydrogen (secondary N) is 2. The van der Waals surface area contributed by atoms with Crippen molar-refractivity contribution in [2.45, 2.75) is 6.92 Å². The van der Waals surface area contributed by atoms with E-state index in [1.165, 1.54) is 0 Å². The van der Waals surface area contributed by atoms with Gasteiger partial charge in [0.2, 0.25) is 0 Å². The smallest absolute Gasteiger partial charge is 0.314 e. The third kappa shape index (κ3) is 3.82. The average molecular weight is 284 g/mol. The summed E-state index contributed by atoms with van der Waals surface area (Å²) in [6.07, 6.45) is 0. The molecule has 5 nitrogen and oxygen atoms in total. The number of aryl methyl sites for hydroxylation is 1. The number of ether oxygens (including phenoxy) is 1. The molecule has 0 saturated carbocycles. The second-order valence-electron chi connectivity index (χ2n) is 4.45. The molecule has 2 amide bonds. The van der Waals surface area contributed by atoms with E-state index >= 15 is 0 Å². The van der Waals surface area contributed by atoms with Crippen LogP contribution in [0.1, 0.15) is 5.56 Å². The molecule has 0 saturated heterocycles. The first-order chi connectivity index (χ1) is 10.1. The van der Waals surface area contributed by atoms with Crippen LogP contribution >= 0.6 is 0 Å². The minimum Gasteiger partial charge on any atom is -0.497 e. The Morgan fingerprint density at radius 2 is 1.52 bits per heavy atom. The molecule has 0 aliphatic rings. The maximum absolute atomic E-state index is 11.8. The van der Waals surface area contributed by atoms with Gasteiger partial charge < -0.3 is 15.4 Å². The van der Waals surface area contributed by atoms with Crippen LogP contribution in [0.15, 0.2) is 48.5 Å². The summed E-state index contributed by atoms with van der Waals surface area (Å²) < 4.78 is 5.02. The third-order valence-corrected chi connectivity index (χ3v) is 2.95. The van der Waals surface area contributed by atoms with Crippen LogP contribution in [-0.2, 0) is 9.59 Å². The number of hydrogen-bond donors (Lipinski definition) is 2. The van der Waals surface area contributed by atoms with E-state index in [-0.39, 0.29) is 0 Å². The standard InChI is InChI=1S/C16H16N2O3/c1-11-5-3-4-6-14(11)18-16(20)15(19)17-12-7-9-13(21-2)10-8-12/h3-10H,1-2H3,(H,17,19)(H,18,20). The second-order valence-corrected chi connectivity index (χ2v) is 4.45. The largest absolute Gasteiger partial charge is 0.497 e. The minimum absolute atomic E-state index is 0.528. The van der Waals surface area contributed by atoms with Gasteiger partial charge in [-0.05, 0) is 42.8 Å². The summed E-state index contributed by atoms with van der Waals surface area (Å²) in [5.41, 5.74) is 2.04. The number of amides is 2. The number of benzene rings is 2. The van der Waals surface area contributed by atoms with Crippen LogP contribution in [0.25, 0.3) is 0 Å². The zero-order valence-corrected chi connectivity index (χ0v) is 11.8. The van der Waals surface area contributed by atoms with E-state index in [9.17, 15) is 9.59 Å². The Bertz CT molecular complexity index is 651. The predicted octanol–water partition coefficient (Wildman–Crippen LogP) is 2.58. The van der Waals surface area contributed by atoms with Gasteiger partial charge in [-0.15, -0.1) is 0 Å². The highest BCUT2D eigenvalue weighted by atomic mass is 16.5. The Labute approximate surface area is 122 Å². The predicted molar refractivity (Wildman–Crippen MR) is 81.4 cm³/mol. The van der Waals surface area contributed by atoms with Crippen LogP contribution in [0.3, 0.4) is 0 Å². The molecular formula is C16H16N2O3. The molecule has 108 valence electrons. The van der Waals surface area contributed by atoms with Crippen molar-refractivity contribution >= 4 is 23.2 Å². The molecule has 0 aliphatic heterocycles. The molecule has 2 N–H and O–H groups in total. The number of carbonyl (C=O) groups is 2. The van der Waals surface area contributed by atoms with Crippen molar-refractivity contribution in [2.75, 3.05) is 17.7 Å². The lowest BCUT2D eigenvalue weighted by Crippen LogP contribution is -2.29. The molecule has 0 aromatic heterocycles. The fourth-order valence-electron chi connectivity index (χ4n) is 1.75. The summed E-state index contributed by atoms with van der Waals surface area (Å²) >= 11 is 0. The van der Waals surface area contributed by atoms with Gasteiger partial charge in [0.15, 0.2) is 0 Å². The SMILES string of the molecule is COc1ccc(NC(=O)C(=O)Nc2ccccc2C)cc1. The molecule has 0 aliphatic carbocycles. The van der Waals surface area contributed by atoms with Crippen molar-refractivity contribution in [1.82, 2.24) is 0 Å². The number of rotatable bonds is 3. The molecule has 0 atom stereocenters. The van der Waals surface area contributed by atoms with Crippen molar-refractivity contribution in [2.24, 2.45) is 0 Å². The lowest BCUT2D eigenvalue weighted by molar-refractivity contribution is -0.133. The van der Waals surface area contributed by atoms with Gasteiger partial charge in [0.05, 0.1) is 7.11 Å². The quantitative estimate of drug-likeness (QED) is 0.851.